The van der Waals surface area contributed by atoms with Crippen LogP contribution in [0.5, 0.6) is 0 Å². The molecule has 0 saturated carbocycles. The van der Waals surface area contributed by atoms with Crippen LogP contribution in [0.15, 0.2) is 51.3 Å². The molecule has 1 amide bonds. The van der Waals surface area contributed by atoms with Crippen molar-refractivity contribution in [3.8, 4) is 10.6 Å². The molecule has 0 bridgehead atoms. The number of nitrogens with one attached hydrogen (secondary N) is 1. The molecule has 0 aliphatic rings. The van der Waals surface area contributed by atoms with Crippen LogP contribution >= 0.6 is 38.6 Å². The van der Waals surface area contributed by atoms with E-state index in [1.807, 2.05) is 30.5 Å². The number of carbonyl (C=O) groups excluding carboxylic acids is 1. The van der Waals surface area contributed by atoms with E-state index in [0.717, 1.165) is 24.9 Å². The molecule has 0 aliphatic heterocycles. The van der Waals surface area contributed by atoms with E-state index in [1.165, 1.54) is 10.9 Å². The molecule has 4 aromatic rings. The number of carbonyl (C=O) groups is 1. The first-order valence-electron chi connectivity index (χ1n) is 8.92. The molecule has 3 heterocycles. The highest BCUT2D eigenvalue weighted by Crippen LogP contribution is 2.28. The number of fused-ring (bicyclic) bond motifs is 1. The van der Waals surface area contributed by atoms with E-state index in [1.54, 1.807) is 34.8 Å². The number of thiazole rings is 1. The van der Waals surface area contributed by atoms with Crippen molar-refractivity contribution in [2.45, 2.75) is 26.4 Å². The molecule has 1 aromatic carbocycles. The molecule has 9 heteroatoms. The summed E-state index contributed by atoms with van der Waals surface area (Å²) in [5, 5.41) is 6.52. The number of halogens is 1. The third-order valence-corrected chi connectivity index (χ3v) is 6.73. The zero-order chi connectivity index (χ0) is 20.4. The van der Waals surface area contributed by atoms with E-state index in [9.17, 15) is 9.59 Å². The highest BCUT2D eigenvalue weighted by molar-refractivity contribution is 9.10. The van der Waals surface area contributed by atoms with Gasteiger partial charge in [-0.2, -0.15) is 0 Å². The Morgan fingerprint density at radius 3 is 2.93 bits per heavy atom. The van der Waals surface area contributed by atoms with Crippen LogP contribution in [0.3, 0.4) is 0 Å². The van der Waals surface area contributed by atoms with Crippen molar-refractivity contribution in [1.29, 1.82) is 0 Å². The molecule has 3 aromatic heterocycles. The number of benzene rings is 1. The van der Waals surface area contributed by atoms with Gasteiger partial charge in [-0.1, -0.05) is 15.9 Å². The van der Waals surface area contributed by atoms with Crippen molar-refractivity contribution >= 4 is 55.4 Å². The topological polar surface area (TPSA) is 76.9 Å². The van der Waals surface area contributed by atoms with E-state index in [4.69, 9.17) is 0 Å². The van der Waals surface area contributed by atoms with Crippen LogP contribution in [0, 0.1) is 6.92 Å². The fourth-order valence-electron chi connectivity index (χ4n) is 2.87. The average molecular weight is 489 g/mol. The predicted molar refractivity (Wildman–Crippen MR) is 120 cm³/mol. The molecule has 148 valence electrons. The maximum absolute atomic E-state index is 12.6. The first-order chi connectivity index (χ1) is 14.0. The van der Waals surface area contributed by atoms with Crippen LogP contribution in [0.4, 0.5) is 0 Å². The smallest absolute Gasteiger partial charge is 0.261 e. The Kier molecular flexibility index (Phi) is 5.89. The van der Waals surface area contributed by atoms with Gasteiger partial charge in [-0.15, -0.1) is 22.7 Å². The molecule has 29 heavy (non-hydrogen) atoms. The van der Waals surface area contributed by atoms with Crippen LogP contribution in [-0.2, 0) is 17.9 Å². The maximum atomic E-state index is 12.6. The third kappa shape index (κ3) is 4.63. The second-order valence-corrected chi connectivity index (χ2v) is 9.60. The van der Waals surface area contributed by atoms with Crippen molar-refractivity contribution in [3.63, 3.8) is 0 Å². The zero-order valence-electron chi connectivity index (χ0n) is 15.5. The highest BCUT2D eigenvalue weighted by atomic mass is 79.9. The number of nitrogens with zero attached hydrogens (tertiary/aromatic N) is 3. The second kappa shape index (κ2) is 8.56. The quantitative estimate of drug-likeness (QED) is 0.437. The Balaban J connectivity index is 1.35. The lowest BCUT2D eigenvalue weighted by molar-refractivity contribution is -0.121. The number of hydrogen-bond acceptors (Lipinski definition) is 6. The Labute approximate surface area is 183 Å². The molecular formula is C20H17BrN4O2S2. The lowest BCUT2D eigenvalue weighted by atomic mass is 10.2. The normalized spacial score (nSPS) is 11.1. The zero-order valence-corrected chi connectivity index (χ0v) is 18.7. The molecule has 1 N–H and O–H groups in total. The summed E-state index contributed by atoms with van der Waals surface area (Å²) in [6, 6.07) is 9.42. The SMILES string of the molecule is Cc1nc(-c2ccc(CNC(=O)CCn3cnc4ccc(Br)cc4c3=O)s2)cs1. The number of rotatable bonds is 6. The van der Waals surface area contributed by atoms with Crippen LogP contribution in [0.2, 0.25) is 0 Å². The molecule has 0 unspecified atom stereocenters. The first kappa shape index (κ1) is 19.9. The molecule has 0 radical (unpaired) electrons. The standard InChI is InChI=1S/C20H17BrN4O2S2/c1-12-24-17(10-28-12)18-5-3-14(29-18)9-22-19(26)6-7-25-11-23-16-4-2-13(21)8-15(16)20(25)27/h2-5,8,10-11H,6-7,9H2,1H3,(H,22,26). The third-order valence-electron chi connectivity index (χ3n) is 4.36. The van der Waals surface area contributed by atoms with E-state index in [2.05, 4.69) is 31.2 Å². The van der Waals surface area contributed by atoms with Crippen molar-refractivity contribution in [1.82, 2.24) is 19.9 Å². The summed E-state index contributed by atoms with van der Waals surface area (Å²) < 4.78 is 2.30. The second-order valence-electron chi connectivity index (χ2n) is 6.45. The molecule has 0 fully saturated rings. The molecule has 0 aliphatic carbocycles. The molecule has 0 atom stereocenters. The van der Waals surface area contributed by atoms with Gasteiger partial charge in [0.05, 0.1) is 39.4 Å². The average Bonchev–Trinajstić information content (AvgIpc) is 3.35. The number of thiophene rings is 1. The number of hydrogen-bond donors (Lipinski definition) is 1. The highest BCUT2D eigenvalue weighted by Gasteiger charge is 2.09. The Bertz CT molecular complexity index is 1240. The van der Waals surface area contributed by atoms with Crippen LogP contribution in [0.25, 0.3) is 21.5 Å². The summed E-state index contributed by atoms with van der Waals surface area (Å²) in [6.07, 6.45) is 1.71. The largest absolute Gasteiger partial charge is 0.351 e. The minimum Gasteiger partial charge on any atom is -0.351 e. The maximum Gasteiger partial charge on any atom is 0.261 e. The van der Waals surface area contributed by atoms with Crippen molar-refractivity contribution in [2.75, 3.05) is 0 Å². The van der Waals surface area contributed by atoms with Gasteiger partial charge in [0.25, 0.3) is 5.56 Å². The Morgan fingerprint density at radius 1 is 1.28 bits per heavy atom. The summed E-state index contributed by atoms with van der Waals surface area (Å²) in [7, 11) is 0. The molecule has 6 nitrogen and oxygen atoms in total. The van der Waals surface area contributed by atoms with Crippen molar-refractivity contribution in [2.24, 2.45) is 0 Å². The summed E-state index contributed by atoms with van der Waals surface area (Å²) in [4.78, 5) is 35.8. The van der Waals surface area contributed by atoms with Crippen molar-refractivity contribution in [3.05, 3.63) is 66.8 Å². The number of aromatic nitrogens is 3. The summed E-state index contributed by atoms with van der Waals surface area (Å²) in [5.74, 6) is -0.106. The van der Waals surface area contributed by atoms with E-state index in [-0.39, 0.29) is 24.4 Å². The summed E-state index contributed by atoms with van der Waals surface area (Å²) in [5.41, 5.74) is 1.47. The van der Waals surface area contributed by atoms with Gasteiger partial charge in [-0.3, -0.25) is 14.2 Å². The van der Waals surface area contributed by atoms with Crippen LogP contribution in [-0.4, -0.2) is 20.4 Å². The van der Waals surface area contributed by atoms with Gasteiger partial charge in [0.1, 0.15) is 0 Å². The minimum atomic E-state index is -0.148. The van der Waals surface area contributed by atoms with Crippen molar-refractivity contribution < 1.29 is 4.79 Å². The fraction of sp³-hybridized carbons (Fsp3) is 0.200. The van der Waals surface area contributed by atoms with Gasteiger partial charge < -0.3 is 5.32 Å². The van der Waals surface area contributed by atoms with Gasteiger partial charge in [-0.25, -0.2) is 9.97 Å². The van der Waals surface area contributed by atoms with Crippen LogP contribution in [0.1, 0.15) is 16.3 Å². The first-order valence-corrected chi connectivity index (χ1v) is 11.4. The number of aryl methyl sites for hydroxylation is 2. The monoisotopic (exact) mass is 488 g/mol. The van der Waals surface area contributed by atoms with E-state index >= 15 is 0 Å². The van der Waals surface area contributed by atoms with Gasteiger partial charge in [-0.05, 0) is 37.3 Å². The minimum absolute atomic E-state index is 0.106. The molecule has 0 spiro atoms. The van der Waals surface area contributed by atoms with Gasteiger partial charge >= 0.3 is 0 Å². The number of amides is 1. The summed E-state index contributed by atoms with van der Waals surface area (Å²) in [6.45, 7) is 2.73. The Hall–Kier alpha value is -2.36. The van der Waals surface area contributed by atoms with Gasteiger partial charge in [0, 0.05) is 27.7 Å². The summed E-state index contributed by atoms with van der Waals surface area (Å²) >= 11 is 6.62. The lowest BCUT2D eigenvalue weighted by Crippen LogP contribution is -2.27. The van der Waals surface area contributed by atoms with E-state index < -0.39 is 0 Å². The molecule has 4 rings (SSSR count). The molecule has 0 saturated heterocycles. The van der Waals surface area contributed by atoms with Gasteiger partial charge in [0.15, 0.2) is 0 Å². The predicted octanol–water partition coefficient (Wildman–Crippen LogP) is 4.36. The Morgan fingerprint density at radius 2 is 2.14 bits per heavy atom. The lowest BCUT2D eigenvalue weighted by Gasteiger charge is -2.07. The fourth-order valence-corrected chi connectivity index (χ4v) is 4.83. The molecular weight excluding hydrogens is 472 g/mol. The van der Waals surface area contributed by atoms with E-state index in [0.29, 0.717) is 17.4 Å². The van der Waals surface area contributed by atoms with Gasteiger partial charge in [0.2, 0.25) is 5.91 Å². The van der Waals surface area contributed by atoms with Crippen LogP contribution < -0.4 is 10.9 Å².